The summed E-state index contributed by atoms with van der Waals surface area (Å²) in [7, 11) is 0. The van der Waals surface area contributed by atoms with Crippen LogP contribution in [0.4, 0.5) is 14.5 Å². The number of nitriles is 1. The van der Waals surface area contributed by atoms with Gasteiger partial charge in [-0.05, 0) is 24.3 Å². The number of para-hydroxylation sites is 3. The molecule has 5 nitrogen and oxygen atoms in total. The van der Waals surface area contributed by atoms with Gasteiger partial charge in [-0.3, -0.25) is 9.36 Å². The van der Waals surface area contributed by atoms with E-state index in [4.69, 9.17) is 5.26 Å². The predicted octanol–water partition coefficient (Wildman–Crippen LogP) is 4.47. The van der Waals surface area contributed by atoms with Crippen molar-refractivity contribution in [2.45, 2.75) is 18.1 Å². The van der Waals surface area contributed by atoms with Crippen molar-refractivity contribution < 1.29 is 13.6 Å². The molecule has 8 heteroatoms. The minimum absolute atomic E-state index is 0.0592. The first kappa shape index (κ1) is 18.9. The van der Waals surface area contributed by atoms with Gasteiger partial charge < -0.3 is 4.90 Å². The third-order valence-corrected chi connectivity index (χ3v) is 4.84. The van der Waals surface area contributed by atoms with Gasteiger partial charge in [0, 0.05) is 12.2 Å². The van der Waals surface area contributed by atoms with Crippen molar-refractivity contribution in [3.63, 3.8) is 0 Å². The number of anilines is 1. The molecular weight excluding hydrogens is 370 g/mol. The molecule has 0 saturated heterocycles. The minimum Gasteiger partial charge on any atom is -0.311 e. The number of amides is 1. The molecule has 0 spiro atoms. The summed E-state index contributed by atoms with van der Waals surface area (Å²) < 4.78 is 27.8. The standard InChI is InChI=1S/C19H16F2N4OS/c20-18(21)25-16-10-5-4-9-15(16)23-19(25)27-13-17(26)24(12-6-11-22)14-7-2-1-3-8-14/h1-5,7-10,18H,6,12-13H2. The van der Waals surface area contributed by atoms with Crippen LogP contribution in [-0.2, 0) is 4.79 Å². The van der Waals surface area contributed by atoms with Crippen LogP contribution >= 0.6 is 11.8 Å². The number of thioether (sulfide) groups is 1. The van der Waals surface area contributed by atoms with Crippen LogP contribution in [0.25, 0.3) is 11.0 Å². The second-order valence-corrected chi connectivity index (χ2v) is 6.55. The van der Waals surface area contributed by atoms with Gasteiger partial charge in [-0.25, -0.2) is 4.98 Å². The fourth-order valence-corrected chi connectivity index (χ4v) is 3.57. The van der Waals surface area contributed by atoms with E-state index in [9.17, 15) is 13.6 Å². The number of nitrogens with zero attached hydrogens (tertiary/aromatic N) is 4. The molecule has 0 bridgehead atoms. The average Bonchev–Trinajstić information content (AvgIpc) is 3.06. The number of carbonyl (C=O) groups excluding carboxylic acids is 1. The van der Waals surface area contributed by atoms with Gasteiger partial charge in [-0.1, -0.05) is 42.1 Å². The molecule has 1 aromatic heterocycles. The molecule has 0 fully saturated rings. The first-order valence-corrected chi connectivity index (χ1v) is 9.20. The molecule has 0 aliphatic heterocycles. The second-order valence-electron chi connectivity index (χ2n) is 5.61. The summed E-state index contributed by atoms with van der Waals surface area (Å²) in [5.41, 5.74) is 1.45. The molecule has 0 aliphatic carbocycles. The normalized spacial score (nSPS) is 10.9. The van der Waals surface area contributed by atoms with Crippen molar-refractivity contribution in [2.75, 3.05) is 17.2 Å². The van der Waals surface area contributed by atoms with Crippen LogP contribution in [0, 0.1) is 11.3 Å². The lowest BCUT2D eigenvalue weighted by atomic mass is 10.2. The quantitative estimate of drug-likeness (QED) is 0.562. The van der Waals surface area contributed by atoms with E-state index in [-0.39, 0.29) is 29.8 Å². The zero-order chi connectivity index (χ0) is 19.2. The molecule has 138 valence electrons. The monoisotopic (exact) mass is 386 g/mol. The van der Waals surface area contributed by atoms with Gasteiger partial charge in [0.2, 0.25) is 5.91 Å². The van der Waals surface area contributed by atoms with E-state index in [0.29, 0.717) is 16.7 Å². The Morgan fingerprint density at radius 2 is 1.89 bits per heavy atom. The number of rotatable bonds is 7. The van der Waals surface area contributed by atoms with Crippen molar-refractivity contribution in [1.82, 2.24) is 9.55 Å². The van der Waals surface area contributed by atoms with Crippen LogP contribution < -0.4 is 4.90 Å². The second kappa shape index (κ2) is 8.64. The number of imidazole rings is 1. The van der Waals surface area contributed by atoms with Crippen LogP contribution in [0.1, 0.15) is 13.0 Å². The third-order valence-electron chi connectivity index (χ3n) is 3.90. The predicted molar refractivity (Wildman–Crippen MR) is 101 cm³/mol. The highest BCUT2D eigenvalue weighted by atomic mass is 32.2. The summed E-state index contributed by atoms with van der Waals surface area (Å²) >= 11 is 0.963. The van der Waals surface area contributed by atoms with Crippen molar-refractivity contribution >= 4 is 34.4 Å². The number of aromatic nitrogens is 2. The Hall–Kier alpha value is -2.92. The van der Waals surface area contributed by atoms with E-state index in [1.54, 1.807) is 48.5 Å². The molecule has 1 heterocycles. The molecule has 27 heavy (non-hydrogen) atoms. The Bertz CT molecular complexity index is 969. The average molecular weight is 386 g/mol. The number of alkyl halides is 2. The molecule has 0 saturated carbocycles. The molecule has 3 rings (SSSR count). The van der Waals surface area contributed by atoms with Gasteiger partial charge >= 0.3 is 6.55 Å². The highest BCUT2D eigenvalue weighted by Crippen LogP contribution is 2.29. The molecule has 0 radical (unpaired) electrons. The Balaban J connectivity index is 1.80. The van der Waals surface area contributed by atoms with Gasteiger partial charge in [0.05, 0.1) is 29.3 Å². The molecule has 2 aromatic carbocycles. The van der Waals surface area contributed by atoms with Gasteiger partial charge in [0.25, 0.3) is 0 Å². The summed E-state index contributed by atoms with van der Waals surface area (Å²) in [6.07, 6.45) is 0.181. The summed E-state index contributed by atoms with van der Waals surface area (Å²) in [6.45, 7) is -2.51. The number of benzene rings is 2. The lowest BCUT2D eigenvalue weighted by Crippen LogP contribution is -2.33. The van der Waals surface area contributed by atoms with Crippen molar-refractivity contribution in [2.24, 2.45) is 0 Å². The van der Waals surface area contributed by atoms with Crippen LogP contribution in [0.15, 0.2) is 59.8 Å². The van der Waals surface area contributed by atoms with E-state index in [2.05, 4.69) is 4.98 Å². The van der Waals surface area contributed by atoms with Gasteiger partial charge in [-0.2, -0.15) is 14.0 Å². The van der Waals surface area contributed by atoms with Gasteiger partial charge in [-0.15, -0.1) is 0 Å². The van der Waals surface area contributed by atoms with E-state index >= 15 is 0 Å². The number of halogens is 2. The van der Waals surface area contributed by atoms with E-state index in [1.165, 1.54) is 4.90 Å². The first-order chi connectivity index (χ1) is 13.1. The largest absolute Gasteiger partial charge is 0.321 e. The Labute approximate surface area is 159 Å². The molecule has 0 unspecified atom stereocenters. The zero-order valence-electron chi connectivity index (χ0n) is 14.3. The molecule has 0 atom stereocenters. The summed E-state index contributed by atoms with van der Waals surface area (Å²) in [5, 5.41) is 8.93. The Morgan fingerprint density at radius 1 is 1.19 bits per heavy atom. The SMILES string of the molecule is N#CCCN(C(=O)CSc1nc2ccccc2n1C(F)F)c1ccccc1. The minimum atomic E-state index is -2.75. The van der Waals surface area contributed by atoms with Crippen LogP contribution in [0.3, 0.4) is 0 Å². The van der Waals surface area contributed by atoms with Crippen LogP contribution in [0.2, 0.25) is 0 Å². The highest BCUT2D eigenvalue weighted by Gasteiger charge is 2.21. The molecule has 0 aliphatic rings. The van der Waals surface area contributed by atoms with Gasteiger partial charge in [0.1, 0.15) is 0 Å². The third kappa shape index (κ3) is 4.26. The lowest BCUT2D eigenvalue weighted by molar-refractivity contribution is -0.116. The number of hydrogen-bond donors (Lipinski definition) is 0. The van der Waals surface area contributed by atoms with E-state index < -0.39 is 6.55 Å². The molecule has 3 aromatic rings. The molecule has 1 amide bonds. The number of hydrogen-bond acceptors (Lipinski definition) is 4. The van der Waals surface area contributed by atoms with Gasteiger partial charge in [0.15, 0.2) is 5.16 Å². The van der Waals surface area contributed by atoms with Crippen molar-refractivity contribution in [1.29, 1.82) is 5.26 Å². The van der Waals surface area contributed by atoms with Crippen molar-refractivity contribution in [3.05, 3.63) is 54.6 Å². The van der Waals surface area contributed by atoms with E-state index in [0.717, 1.165) is 16.3 Å². The Kier molecular flexibility index (Phi) is 6.04. The first-order valence-electron chi connectivity index (χ1n) is 8.22. The fraction of sp³-hybridized carbons (Fsp3) is 0.211. The maximum absolute atomic E-state index is 13.5. The molecule has 0 N–H and O–H groups in total. The van der Waals surface area contributed by atoms with E-state index in [1.807, 2.05) is 12.1 Å². The summed E-state index contributed by atoms with van der Waals surface area (Å²) in [4.78, 5) is 18.4. The Morgan fingerprint density at radius 3 is 2.59 bits per heavy atom. The molecular formula is C19H16F2N4OS. The zero-order valence-corrected chi connectivity index (χ0v) is 15.1. The summed E-state index contributed by atoms with van der Waals surface area (Å²) in [6, 6.07) is 17.6. The van der Waals surface area contributed by atoms with Crippen LogP contribution in [-0.4, -0.2) is 27.8 Å². The fourth-order valence-electron chi connectivity index (χ4n) is 2.68. The topological polar surface area (TPSA) is 61.9 Å². The summed E-state index contributed by atoms with van der Waals surface area (Å²) in [5.74, 6) is -0.328. The van der Waals surface area contributed by atoms with Crippen molar-refractivity contribution in [3.8, 4) is 6.07 Å². The lowest BCUT2D eigenvalue weighted by Gasteiger charge is -2.21. The maximum Gasteiger partial charge on any atom is 0.321 e. The number of carbonyl (C=O) groups is 1. The highest BCUT2D eigenvalue weighted by molar-refractivity contribution is 7.99. The maximum atomic E-state index is 13.5. The number of fused-ring (bicyclic) bond motifs is 1. The smallest absolute Gasteiger partial charge is 0.311 e. The van der Waals surface area contributed by atoms with Crippen LogP contribution in [0.5, 0.6) is 0 Å².